The van der Waals surface area contributed by atoms with E-state index in [1.165, 1.54) is 11.3 Å². The van der Waals surface area contributed by atoms with Crippen molar-refractivity contribution in [1.82, 2.24) is 10.6 Å². The summed E-state index contributed by atoms with van der Waals surface area (Å²) in [5.74, 6) is -0.250. The molecular formula is C17H18N2O2S. The van der Waals surface area contributed by atoms with Crippen molar-refractivity contribution in [3.8, 4) is 11.1 Å². The Kier molecular flexibility index (Phi) is 4.53. The van der Waals surface area contributed by atoms with Crippen LogP contribution in [-0.4, -0.2) is 24.4 Å². The quantitative estimate of drug-likeness (QED) is 0.915. The zero-order valence-corrected chi connectivity index (χ0v) is 13.0. The molecule has 1 atom stereocenters. The summed E-state index contributed by atoms with van der Waals surface area (Å²) in [5, 5.41) is 7.63. The van der Waals surface area contributed by atoms with Crippen LogP contribution in [0.1, 0.15) is 28.9 Å². The molecule has 4 nitrogen and oxygen atoms in total. The summed E-state index contributed by atoms with van der Waals surface area (Å²) in [7, 11) is 0. The van der Waals surface area contributed by atoms with Gasteiger partial charge in [-0.3, -0.25) is 9.59 Å². The van der Waals surface area contributed by atoms with Crippen molar-refractivity contribution in [3.63, 3.8) is 0 Å². The first-order valence-electron chi connectivity index (χ1n) is 7.47. The maximum atomic E-state index is 12.5. The van der Waals surface area contributed by atoms with Gasteiger partial charge in [0.2, 0.25) is 5.91 Å². The number of thiophene rings is 1. The number of nitrogens with one attached hydrogen (secondary N) is 2. The summed E-state index contributed by atoms with van der Waals surface area (Å²) in [6, 6.07) is 11.3. The first-order valence-corrected chi connectivity index (χ1v) is 8.35. The molecule has 1 aromatic carbocycles. The summed E-state index contributed by atoms with van der Waals surface area (Å²) in [6.07, 6.45) is 2.61. The highest BCUT2D eigenvalue weighted by atomic mass is 32.1. The molecule has 1 aromatic heterocycles. The molecule has 0 saturated carbocycles. The number of benzene rings is 1. The molecule has 0 bridgehead atoms. The fourth-order valence-corrected chi connectivity index (χ4v) is 3.45. The minimum Gasteiger partial charge on any atom is -0.354 e. The van der Waals surface area contributed by atoms with Crippen LogP contribution in [0.3, 0.4) is 0 Å². The van der Waals surface area contributed by atoms with E-state index < -0.39 is 6.04 Å². The van der Waals surface area contributed by atoms with E-state index >= 15 is 0 Å². The second kappa shape index (κ2) is 6.75. The summed E-state index contributed by atoms with van der Waals surface area (Å²) >= 11 is 1.40. The molecule has 2 amide bonds. The van der Waals surface area contributed by atoms with Crippen LogP contribution in [0, 0.1) is 0 Å². The van der Waals surface area contributed by atoms with Gasteiger partial charge in [-0.25, -0.2) is 0 Å². The molecule has 1 aliphatic rings. The van der Waals surface area contributed by atoms with Crippen molar-refractivity contribution in [3.05, 3.63) is 46.7 Å². The zero-order valence-electron chi connectivity index (χ0n) is 12.2. The highest BCUT2D eigenvalue weighted by Gasteiger charge is 2.24. The van der Waals surface area contributed by atoms with Gasteiger partial charge in [0.1, 0.15) is 6.04 Å². The third kappa shape index (κ3) is 3.20. The Morgan fingerprint density at radius 1 is 1.18 bits per heavy atom. The molecular weight excluding hydrogens is 296 g/mol. The van der Waals surface area contributed by atoms with E-state index in [4.69, 9.17) is 0 Å². The van der Waals surface area contributed by atoms with E-state index in [0.29, 0.717) is 17.8 Å². The molecule has 0 aliphatic carbocycles. The highest BCUT2D eigenvalue weighted by molar-refractivity contribution is 7.12. The molecule has 0 spiro atoms. The Bertz CT molecular complexity index is 666. The predicted molar refractivity (Wildman–Crippen MR) is 87.9 cm³/mol. The van der Waals surface area contributed by atoms with Crippen LogP contribution in [0.4, 0.5) is 0 Å². The van der Waals surface area contributed by atoms with Gasteiger partial charge in [-0.2, -0.15) is 0 Å². The van der Waals surface area contributed by atoms with Crippen LogP contribution >= 0.6 is 11.3 Å². The van der Waals surface area contributed by atoms with Gasteiger partial charge >= 0.3 is 0 Å². The standard InChI is InChI=1S/C17H18N2O2S/c20-16-14(8-4-5-10-18-16)19-17(21)15-13(9-11-22-15)12-6-2-1-3-7-12/h1-3,6-7,9,11,14H,4-5,8,10H2,(H,18,20)(H,19,21)/t14-/m1/s1. The predicted octanol–water partition coefficient (Wildman–Crippen LogP) is 2.81. The molecule has 0 radical (unpaired) electrons. The van der Waals surface area contributed by atoms with Crippen molar-refractivity contribution < 1.29 is 9.59 Å². The number of carbonyl (C=O) groups excluding carboxylic acids is 2. The van der Waals surface area contributed by atoms with Crippen LogP contribution in [0.15, 0.2) is 41.8 Å². The molecule has 1 aliphatic heterocycles. The molecule has 3 rings (SSSR count). The number of hydrogen-bond donors (Lipinski definition) is 2. The SMILES string of the molecule is O=C(N[C@@H]1CCCCNC1=O)c1sccc1-c1ccccc1. The van der Waals surface area contributed by atoms with Gasteiger partial charge < -0.3 is 10.6 Å². The van der Waals surface area contributed by atoms with E-state index in [9.17, 15) is 9.59 Å². The third-order valence-corrected chi connectivity index (χ3v) is 4.71. The van der Waals surface area contributed by atoms with E-state index in [1.54, 1.807) is 0 Å². The summed E-state index contributed by atoms with van der Waals surface area (Å²) < 4.78 is 0. The lowest BCUT2D eigenvalue weighted by molar-refractivity contribution is -0.122. The number of rotatable bonds is 3. The summed E-state index contributed by atoms with van der Waals surface area (Å²) in [4.78, 5) is 25.2. The van der Waals surface area contributed by atoms with E-state index in [0.717, 1.165) is 24.0 Å². The van der Waals surface area contributed by atoms with Crippen molar-refractivity contribution in [2.75, 3.05) is 6.54 Å². The minimum absolute atomic E-state index is 0.0799. The zero-order chi connectivity index (χ0) is 15.4. The highest BCUT2D eigenvalue weighted by Crippen LogP contribution is 2.28. The van der Waals surface area contributed by atoms with E-state index in [1.807, 2.05) is 41.8 Å². The van der Waals surface area contributed by atoms with Gasteiger partial charge in [0, 0.05) is 12.1 Å². The first kappa shape index (κ1) is 14.8. The van der Waals surface area contributed by atoms with Crippen molar-refractivity contribution in [2.45, 2.75) is 25.3 Å². The fourth-order valence-electron chi connectivity index (χ4n) is 2.63. The number of amides is 2. The molecule has 0 unspecified atom stereocenters. The van der Waals surface area contributed by atoms with Crippen LogP contribution in [0.5, 0.6) is 0 Å². The molecule has 2 heterocycles. The second-order valence-corrected chi connectivity index (χ2v) is 6.26. The third-order valence-electron chi connectivity index (χ3n) is 3.80. The maximum Gasteiger partial charge on any atom is 0.262 e. The van der Waals surface area contributed by atoms with Gasteiger partial charge in [0.05, 0.1) is 4.88 Å². The Morgan fingerprint density at radius 2 is 2.00 bits per heavy atom. The number of hydrogen-bond acceptors (Lipinski definition) is 3. The minimum atomic E-state index is -0.430. The topological polar surface area (TPSA) is 58.2 Å². The van der Waals surface area contributed by atoms with Gasteiger partial charge in [0.15, 0.2) is 0 Å². The van der Waals surface area contributed by atoms with Gasteiger partial charge in [-0.05, 0) is 36.3 Å². The fraction of sp³-hybridized carbons (Fsp3) is 0.294. The average Bonchev–Trinajstić information content (AvgIpc) is 2.95. The van der Waals surface area contributed by atoms with Crippen molar-refractivity contribution >= 4 is 23.2 Å². The summed E-state index contributed by atoms with van der Waals surface area (Å²) in [6.45, 7) is 0.694. The molecule has 2 aromatic rings. The van der Waals surface area contributed by atoms with E-state index in [2.05, 4.69) is 10.6 Å². The lowest BCUT2D eigenvalue weighted by atomic mass is 10.1. The molecule has 2 N–H and O–H groups in total. The van der Waals surface area contributed by atoms with Crippen LogP contribution in [0.25, 0.3) is 11.1 Å². The van der Waals surface area contributed by atoms with Crippen LogP contribution in [0.2, 0.25) is 0 Å². The smallest absolute Gasteiger partial charge is 0.262 e. The van der Waals surface area contributed by atoms with Crippen LogP contribution < -0.4 is 10.6 Å². The van der Waals surface area contributed by atoms with Crippen molar-refractivity contribution in [1.29, 1.82) is 0 Å². The maximum absolute atomic E-state index is 12.5. The lowest BCUT2D eigenvalue weighted by Crippen LogP contribution is -2.45. The molecule has 1 fully saturated rings. The first-order chi connectivity index (χ1) is 10.8. The normalized spacial score (nSPS) is 18.4. The molecule has 5 heteroatoms. The van der Waals surface area contributed by atoms with Crippen molar-refractivity contribution in [2.24, 2.45) is 0 Å². The Balaban J connectivity index is 1.78. The number of carbonyl (C=O) groups is 2. The largest absolute Gasteiger partial charge is 0.354 e. The van der Waals surface area contributed by atoms with Gasteiger partial charge in [0.25, 0.3) is 5.91 Å². The van der Waals surface area contributed by atoms with Gasteiger partial charge in [-0.15, -0.1) is 11.3 Å². The molecule has 114 valence electrons. The molecule has 1 saturated heterocycles. The Hall–Kier alpha value is -2.14. The second-order valence-electron chi connectivity index (χ2n) is 5.34. The molecule has 22 heavy (non-hydrogen) atoms. The van der Waals surface area contributed by atoms with Gasteiger partial charge in [-0.1, -0.05) is 30.3 Å². The monoisotopic (exact) mass is 314 g/mol. The van der Waals surface area contributed by atoms with E-state index in [-0.39, 0.29) is 11.8 Å². The Labute approximate surface area is 133 Å². The lowest BCUT2D eigenvalue weighted by Gasteiger charge is -2.15. The summed E-state index contributed by atoms with van der Waals surface area (Å²) in [5.41, 5.74) is 1.93. The average molecular weight is 314 g/mol. The van der Waals surface area contributed by atoms with Crippen LogP contribution in [-0.2, 0) is 4.79 Å². The Morgan fingerprint density at radius 3 is 2.82 bits per heavy atom.